The molecular weight excluding hydrogens is 404 g/mol. The number of nitrogens with zero attached hydrogens (tertiary/aromatic N) is 7. The number of methoxy groups -OCH3 is 1. The van der Waals surface area contributed by atoms with Gasteiger partial charge in [-0.25, -0.2) is 9.67 Å². The first-order chi connectivity index (χ1) is 15.7. The lowest BCUT2D eigenvalue weighted by atomic mass is 10.0. The Hall–Kier alpha value is -3.07. The number of nitrogens with one attached hydrogen (secondary N) is 1. The molecule has 3 aromatic heterocycles. The van der Waals surface area contributed by atoms with Crippen LogP contribution in [-0.4, -0.2) is 62.7 Å². The zero-order valence-electron chi connectivity index (χ0n) is 18.7. The highest BCUT2D eigenvalue weighted by atomic mass is 16.5. The minimum absolute atomic E-state index is 0.0434. The van der Waals surface area contributed by atoms with Crippen LogP contribution in [0.5, 0.6) is 5.88 Å². The molecule has 0 amide bonds. The van der Waals surface area contributed by atoms with E-state index in [2.05, 4.69) is 49.6 Å². The highest BCUT2D eigenvalue weighted by Gasteiger charge is 2.25. The third-order valence-electron chi connectivity index (χ3n) is 6.37. The predicted molar refractivity (Wildman–Crippen MR) is 122 cm³/mol. The third kappa shape index (κ3) is 4.72. The van der Waals surface area contributed by atoms with E-state index in [1.807, 2.05) is 12.4 Å². The van der Waals surface area contributed by atoms with Crippen LogP contribution < -0.4 is 15.0 Å². The predicted octanol–water partition coefficient (Wildman–Crippen LogP) is 2.72. The third-order valence-corrected chi connectivity index (χ3v) is 6.37. The van der Waals surface area contributed by atoms with Gasteiger partial charge in [0.15, 0.2) is 0 Å². The van der Waals surface area contributed by atoms with Gasteiger partial charge in [-0.2, -0.15) is 0 Å². The van der Waals surface area contributed by atoms with Gasteiger partial charge in [0.05, 0.1) is 49.3 Å². The Labute approximate surface area is 188 Å². The first kappa shape index (κ1) is 20.8. The number of rotatable bonds is 8. The summed E-state index contributed by atoms with van der Waals surface area (Å²) in [5.74, 6) is 1.37. The van der Waals surface area contributed by atoms with Crippen molar-refractivity contribution in [3.8, 4) is 17.3 Å². The van der Waals surface area contributed by atoms with Gasteiger partial charge in [-0.05, 0) is 57.2 Å². The molecule has 2 aliphatic rings. The van der Waals surface area contributed by atoms with Gasteiger partial charge in [0.1, 0.15) is 11.4 Å². The standard InChI is InChI=1S/C23H30N8O/c1-16(31-15-22(28-29-31)21-12-24-13-23(27-21)32-2)20-8-7-19(11-26-20)30-9-3-4-18(14-30)25-10-17-5-6-17/h7-8,11-13,15-18,25H,3-6,9-10,14H2,1-2H3. The molecule has 0 spiro atoms. The van der Waals surface area contributed by atoms with Crippen LogP contribution in [0.15, 0.2) is 36.9 Å². The molecule has 2 fully saturated rings. The van der Waals surface area contributed by atoms with Crippen molar-refractivity contribution in [1.82, 2.24) is 35.3 Å². The first-order valence-electron chi connectivity index (χ1n) is 11.4. The Kier molecular flexibility index (Phi) is 5.98. The average Bonchev–Trinajstić information content (AvgIpc) is 3.56. The fourth-order valence-electron chi connectivity index (χ4n) is 4.15. The van der Waals surface area contributed by atoms with E-state index in [-0.39, 0.29) is 6.04 Å². The summed E-state index contributed by atoms with van der Waals surface area (Å²) in [4.78, 5) is 15.7. The van der Waals surface area contributed by atoms with E-state index >= 15 is 0 Å². The van der Waals surface area contributed by atoms with Gasteiger partial charge in [0.25, 0.3) is 0 Å². The highest BCUT2D eigenvalue weighted by Crippen LogP contribution is 2.28. The molecule has 0 radical (unpaired) electrons. The van der Waals surface area contributed by atoms with Crippen molar-refractivity contribution in [3.63, 3.8) is 0 Å². The lowest BCUT2D eigenvalue weighted by molar-refractivity contribution is 0.396. The zero-order valence-corrected chi connectivity index (χ0v) is 18.7. The maximum Gasteiger partial charge on any atom is 0.232 e. The second kappa shape index (κ2) is 9.20. The van der Waals surface area contributed by atoms with Gasteiger partial charge in [-0.3, -0.25) is 9.97 Å². The molecule has 1 aliphatic heterocycles. The second-order valence-electron chi connectivity index (χ2n) is 8.78. The fourth-order valence-corrected chi connectivity index (χ4v) is 4.15. The number of hydrogen-bond donors (Lipinski definition) is 1. The Morgan fingerprint density at radius 2 is 2.06 bits per heavy atom. The van der Waals surface area contributed by atoms with Gasteiger partial charge in [0.2, 0.25) is 5.88 Å². The lowest BCUT2D eigenvalue weighted by Gasteiger charge is -2.35. The summed E-state index contributed by atoms with van der Waals surface area (Å²) in [6.07, 6.45) is 12.3. The molecule has 168 valence electrons. The SMILES string of the molecule is COc1cncc(-c2cn(C(C)c3ccc(N4CCCC(NCC5CC5)C4)cn3)nn2)n1. The van der Waals surface area contributed by atoms with Crippen LogP contribution in [0.25, 0.3) is 11.4 Å². The van der Waals surface area contributed by atoms with Crippen molar-refractivity contribution in [1.29, 1.82) is 0 Å². The van der Waals surface area contributed by atoms with Gasteiger partial charge in [0, 0.05) is 19.1 Å². The van der Waals surface area contributed by atoms with Gasteiger partial charge >= 0.3 is 0 Å². The van der Waals surface area contributed by atoms with E-state index in [0.717, 1.165) is 24.7 Å². The summed E-state index contributed by atoms with van der Waals surface area (Å²) < 4.78 is 6.95. The molecule has 0 bridgehead atoms. The van der Waals surface area contributed by atoms with E-state index in [4.69, 9.17) is 9.72 Å². The van der Waals surface area contributed by atoms with Crippen molar-refractivity contribution in [2.75, 3.05) is 31.6 Å². The van der Waals surface area contributed by atoms with Gasteiger partial charge in [-0.15, -0.1) is 5.10 Å². The molecule has 1 saturated heterocycles. The Morgan fingerprint density at radius 1 is 1.16 bits per heavy atom. The van der Waals surface area contributed by atoms with E-state index in [0.29, 0.717) is 23.3 Å². The molecule has 3 aromatic rings. The zero-order chi connectivity index (χ0) is 21.9. The highest BCUT2D eigenvalue weighted by molar-refractivity contribution is 5.51. The molecule has 0 aromatic carbocycles. The molecule has 2 unspecified atom stereocenters. The van der Waals surface area contributed by atoms with Gasteiger partial charge in [-0.1, -0.05) is 5.21 Å². The number of pyridine rings is 1. The van der Waals surface area contributed by atoms with Crippen molar-refractivity contribution in [2.24, 2.45) is 5.92 Å². The van der Waals surface area contributed by atoms with Crippen molar-refractivity contribution < 1.29 is 4.74 Å². The number of anilines is 1. The largest absolute Gasteiger partial charge is 0.480 e. The van der Waals surface area contributed by atoms with Crippen molar-refractivity contribution in [3.05, 3.63) is 42.6 Å². The number of piperidine rings is 1. The Balaban J connectivity index is 1.24. The summed E-state index contributed by atoms with van der Waals surface area (Å²) in [6, 6.07) is 4.80. The van der Waals surface area contributed by atoms with Crippen LogP contribution in [-0.2, 0) is 0 Å². The fraction of sp³-hybridized carbons (Fsp3) is 0.522. The number of hydrogen-bond acceptors (Lipinski definition) is 8. The molecule has 5 rings (SSSR count). The van der Waals surface area contributed by atoms with E-state index in [9.17, 15) is 0 Å². The smallest absolute Gasteiger partial charge is 0.232 e. The second-order valence-corrected chi connectivity index (χ2v) is 8.78. The monoisotopic (exact) mass is 434 g/mol. The molecule has 1 saturated carbocycles. The van der Waals surface area contributed by atoms with Crippen LogP contribution in [0.3, 0.4) is 0 Å². The minimum Gasteiger partial charge on any atom is -0.480 e. The summed E-state index contributed by atoms with van der Waals surface area (Å²) in [5, 5.41) is 12.3. The maximum absolute atomic E-state index is 5.15. The summed E-state index contributed by atoms with van der Waals surface area (Å²) in [7, 11) is 1.57. The molecule has 9 heteroatoms. The number of ether oxygens (including phenoxy) is 1. The van der Waals surface area contributed by atoms with Crippen LogP contribution in [0, 0.1) is 5.92 Å². The lowest BCUT2D eigenvalue weighted by Crippen LogP contribution is -2.46. The molecule has 4 heterocycles. The molecule has 2 atom stereocenters. The van der Waals surface area contributed by atoms with E-state index in [1.54, 1.807) is 24.2 Å². The van der Waals surface area contributed by atoms with Gasteiger partial charge < -0.3 is 15.0 Å². The summed E-state index contributed by atoms with van der Waals surface area (Å²) >= 11 is 0. The molecule has 1 N–H and O–H groups in total. The van der Waals surface area contributed by atoms with Crippen LogP contribution in [0.2, 0.25) is 0 Å². The summed E-state index contributed by atoms with van der Waals surface area (Å²) in [5.41, 5.74) is 3.41. The first-order valence-corrected chi connectivity index (χ1v) is 11.4. The van der Waals surface area contributed by atoms with E-state index in [1.165, 1.54) is 37.9 Å². The Morgan fingerprint density at radius 3 is 2.84 bits per heavy atom. The van der Waals surface area contributed by atoms with Crippen molar-refractivity contribution >= 4 is 5.69 Å². The van der Waals surface area contributed by atoms with Crippen molar-refractivity contribution in [2.45, 2.75) is 44.7 Å². The molecule has 9 nitrogen and oxygen atoms in total. The van der Waals surface area contributed by atoms with E-state index < -0.39 is 0 Å². The number of aromatic nitrogens is 6. The van der Waals surface area contributed by atoms with Crippen LogP contribution in [0.1, 0.15) is 44.3 Å². The normalized spacial score (nSPS) is 19.7. The maximum atomic E-state index is 5.15. The average molecular weight is 435 g/mol. The minimum atomic E-state index is -0.0434. The molecule has 1 aliphatic carbocycles. The topological polar surface area (TPSA) is 93.9 Å². The quantitative estimate of drug-likeness (QED) is 0.578. The molecular formula is C23H30N8O. The Bertz CT molecular complexity index is 1030. The summed E-state index contributed by atoms with van der Waals surface area (Å²) in [6.45, 7) is 5.38. The van der Waals surface area contributed by atoms with Crippen LogP contribution >= 0.6 is 0 Å². The van der Waals surface area contributed by atoms with Crippen LogP contribution in [0.4, 0.5) is 5.69 Å². The molecule has 32 heavy (non-hydrogen) atoms.